The molecule has 7 heteroatoms. The summed E-state index contributed by atoms with van der Waals surface area (Å²) in [7, 11) is 3.16. The summed E-state index contributed by atoms with van der Waals surface area (Å²) < 4.78 is 17.9. The van der Waals surface area contributed by atoms with Gasteiger partial charge < -0.3 is 24.1 Å². The predicted molar refractivity (Wildman–Crippen MR) is 82.6 cm³/mol. The van der Waals surface area contributed by atoms with Gasteiger partial charge in [0.25, 0.3) is 5.91 Å². The Morgan fingerprint density at radius 1 is 1.39 bits per heavy atom. The number of aromatic nitrogens is 2. The van der Waals surface area contributed by atoms with Gasteiger partial charge in [-0.2, -0.15) is 0 Å². The van der Waals surface area contributed by atoms with Crippen molar-refractivity contribution in [2.75, 3.05) is 20.8 Å². The van der Waals surface area contributed by atoms with Crippen molar-refractivity contribution in [2.24, 2.45) is 0 Å². The van der Waals surface area contributed by atoms with Crippen molar-refractivity contribution < 1.29 is 19.0 Å². The molecule has 0 bridgehead atoms. The van der Waals surface area contributed by atoms with Crippen LogP contribution in [0.4, 0.5) is 0 Å². The zero-order valence-electron chi connectivity index (χ0n) is 13.2. The van der Waals surface area contributed by atoms with E-state index >= 15 is 0 Å². The van der Waals surface area contributed by atoms with Gasteiger partial charge in [0, 0.05) is 24.8 Å². The lowest BCUT2D eigenvalue weighted by Crippen LogP contribution is -2.23. The number of hydrogen-bond donors (Lipinski definition) is 1. The molecule has 0 fully saturated rings. The first kappa shape index (κ1) is 15.4. The first-order valence-corrected chi connectivity index (χ1v) is 7.34. The van der Waals surface area contributed by atoms with Crippen molar-refractivity contribution in [1.82, 2.24) is 14.9 Å². The number of ether oxygens (including phenoxy) is 3. The Morgan fingerprint density at radius 3 is 3.00 bits per heavy atom. The largest absolute Gasteiger partial charge is 0.493 e. The first-order valence-electron chi connectivity index (χ1n) is 7.34. The average Bonchev–Trinajstić information content (AvgIpc) is 3.03. The molecule has 0 radical (unpaired) electrons. The van der Waals surface area contributed by atoms with Crippen LogP contribution in [-0.2, 0) is 24.4 Å². The van der Waals surface area contributed by atoms with Crippen LogP contribution in [0, 0.1) is 0 Å². The van der Waals surface area contributed by atoms with E-state index in [4.69, 9.17) is 14.2 Å². The molecule has 0 atom stereocenters. The number of para-hydroxylation sites is 1. The molecule has 0 aliphatic carbocycles. The molecular weight excluding hydrogens is 298 g/mol. The number of nitrogens with one attached hydrogen (secondary N) is 1. The summed E-state index contributed by atoms with van der Waals surface area (Å²) in [6, 6.07) is 5.55. The quantitative estimate of drug-likeness (QED) is 0.901. The fourth-order valence-corrected chi connectivity index (χ4v) is 2.56. The van der Waals surface area contributed by atoms with Crippen LogP contribution in [-0.4, -0.2) is 36.3 Å². The van der Waals surface area contributed by atoms with E-state index in [1.165, 1.54) is 0 Å². The molecule has 23 heavy (non-hydrogen) atoms. The minimum Gasteiger partial charge on any atom is -0.493 e. The Morgan fingerprint density at radius 2 is 2.26 bits per heavy atom. The number of benzene rings is 1. The smallest absolute Gasteiger partial charge is 0.271 e. The normalized spacial score (nSPS) is 13.3. The molecule has 2 aromatic rings. The van der Waals surface area contributed by atoms with Gasteiger partial charge in [0.2, 0.25) is 0 Å². The standard InChI is InChI=1S/C16H19N3O4/c1-21-13-5-3-4-11(15(13)22-2)8-17-16(20)12-9-19-6-7-23-10-14(19)18-12/h3-5,9H,6-8,10H2,1-2H3,(H,17,20). The number of fused-ring (bicyclic) bond motifs is 1. The lowest BCUT2D eigenvalue weighted by molar-refractivity contribution is 0.0816. The predicted octanol–water partition coefficient (Wildman–Crippen LogP) is 1.36. The highest BCUT2D eigenvalue weighted by molar-refractivity contribution is 5.92. The summed E-state index contributed by atoms with van der Waals surface area (Å²) in [5, 5.41) is 2.86. The van der Waals surface area contributed by atoms with Crippen molar-refractivity contribution in [1.29, 1.82) is 0 Å². The lowest BCUT2D eigenvalue weighted by atomic mass is 10.2. The second-order valence-electron chi connectivity index (χ2n) is 5.12. The minimum atomic E-state index is -0.225. The zero-order chi connectivity index (χ0) is 16.2. The minimum absolute atomic E-state index is 0.225. The molecule has 3 rings (SSSR count). The summed E-state index contributed by atoms with van der Waals surface area (Å²) in [6.07, 6.45) is 1.76. The van der Waals surface area contributed by atoms with Crippen LogP contribution in [0.15, 0.2) is 24.4 Å². The van der Waals surface area contributed by atoms with Gasteiger partial charge in [-0.1, -0.05) is 12.1 Å². The Kier molecular flexibility index (Phi) is 4.47. The molecule has 1 aromatic heterocycles. The van der Waals surface area contributed by atoms with Crippen LogP contribution < -0.4 is 14.8 Å². The maximum Gasteiger partial charge on any atom is 0.271 e. The monoisotopic (exact) mass is 317 g/mol. The molecule has 1 N–H and O–H groups in total. The summed E-state index contributed by atoms with van der Waals surface area (Å²) in [5.74, 6) is 1.80. The Labute approximate surface area is 134 Å². The SMILES string of the molecule is COc1cccc(CNC(=O)c2cn3c(n2)COCC3)c1OC. The second-order valence-corrected chi connectivity index (χ2v) is 5.12. The van der Waals surface area contributed by atoms with Gasteiger partial charge in [0.05, 0.1) is 20.8 Å². The third-order valence-electron chi connectivity index (χ3n) is 3.72. The van der Waals surface area contributed by atoms with Gasteiger partial charge in [-0.3, -0.25) is 4.79 Å². The van der Waals surface area contributed by atoms with E-state index in [2.05, 4.69) is 10.3 Å². The first-order chi connectivity index (χ1) is 11.2. The second kappa shape index (κ2) is 6.70. The van der Waals surface area contributed by atoms with E-state index in [1.54, 1.807) is 20.4 Å². The topological polar surface area (TPSA) is 74.6 Å². The van der Waals surface area contributed by atoms with Crippen molar-refractivity contribution in [2.45, 2.75) is 19.7 Å². The van der Waals surface area contributed by atoms with E-state index in [0.717, 1.165) is 17.9 Å². The summed E-state index contributed by atoms with van der Waals surface area (Å²) >= 11 is 0. The highest BCUT2D eigenvalue weighted by Gasteiger charge is 2.17. The number of rotatable bonds is 5. The average molecular weight is 317 g/mol. The van der Waals surface area contributed by atoms with Crippen LogP contribution in [0.5, 0.6) is 11.5 Å². The van der Waals surface area contributed by atoms with Gasteiger partial charge in [-0.15, -0.1) is 0 Å². The third-order valence-corrected chi connectivity index (χ3v) is 3.72. The van der Waals surface area contributed by atoms with Gasteiger partial charge >= 0.3 is 0 Å². The summed E-state index contributed by atoms with van der Waals surface area (Å²) in [5.41, 5.74) is 1.24. The number of hydrogen-bond acceptors (Lipinski definition) is 5. The molecule has 0 saturated heterocycles. The van der Waals surface area contributed by atoms with Crippen LogP contribution >= 0.6 is 0 Å². The molecule has 1 aliphatic heterocycles. The maximum atomic E-state index is 12.3. The Hall–Kier alpha value is -2.54. The van der Waals surface area contributed by atoms with Gasteiger partial charge in [0.15, 0.2) is 11.5 Å². The summed E-state index contributed by atoms with van der Waals surface area (Å²) in [6.45, 7) is 2.14. The summed E-state index contributed by atoms with van der Waals surface area (Å²) in [4.78, 5) is 16.6. The molecule has 2 heterocycles. The lowest BCUT2D eigenvalue weighted by Gasteiger charge is -2.13. The van der Waals surface area contributed by atoms with Crippen molar-refractivity contribution in [3.05, 3.63) is 41.5 Å². The molecule has 0 saturated carbocycles. The Balaban J connectivity index is 1.71. The van der Waals surface area contributed by atoms with Crippen LogP contribution in [0.1, 0.15) is 21.9 Å². The molecule has 0 spiro atoms. The molecule has 1 amide bonds. The fourth-order valence-electron chi connectivity index (χ4n) is 2.56. The van der Waals surface area contributed by atoms with Crippen LogP contribution in [0.2, 0.25) is 0 Å². The number of amides is 1. The van der Waals surface area contributed by atoms with E-state index in [9.17, 15) is 4.79 Å². The number of nitrogens with zero attached hydrogens (tertiary/aromatic N) is 2. The van der Waals surface area contributed by atoms with E-state index < -0.39 is 0 Å². The van der Waals surface area contributed by atoms with Crippen molar-refractivity contribution in [3.63, 3.8) is 0 Å². The number of methoxy groups -OCH3 is 2. The molecule has 1 aromatic carbocycles. The third kappa shape index (κ3) is 3.14. The molecule has 122 valence electrons. The van der Waals surface area contributed by atoms with Gasteiger partial charge in [-0.05, 0) is 6.07 Å². The van der Waals surface area contributed by atoms with E-state index in [-0.39, 0.29) is 5.91 Å². The van der Waals surface area contributed by atoms with Gasteiger partial charge in [0.1, 0.15) is 18.1 Å². The number of carbonyl (C=O) groups is 1. The van der Waals surface area contributed by atoms with Crippen molar-refractivity contribution >= 4 is 5.91 Å². The van der Waals surface area contributed by atoms with Crippen LogP contribution in [0.25, 0.3) is 0 Å². The van der Waals surface area contributed by atoms with Crippen LogP contribution in [0.3, 0.4) is 0 Å². The fraction of sp³-hybridized carbons (Fsp3) is 0.375. The zero-order valence-corrected chi connectivity index (χ0v) is 13.2. The maximum absolute atomic E-state index is 12.3. The van der Waals surface area contributed by atoms with Gasteiger partial charge in [-0.25, -0.2) is 4.98 Å². The molecule has 7 nitrogen and oxygen atoms in total. The highest BCUT2D eigenvalue weighted by Crippen LogP contribution is 2.30. The highest BCUT2D eigenvalue weighted by atomic mass is 16.5. The van der Waals surface area contributed by atoms with E-state index in [1.807, 2.05) is 22.8 Å². The molecule has 0 unspecified atom stereocenters. The van der Waals surface area contributed by atoms with E-state index in [0.29, 0.717) is 37.0 Å². The molecule has 1 aliphatic rings. The number of carbonyl (C=O) groups excluding carboxylic acids is 1. The number of imidazole rings is 1. The Bertz CT molecular complexity index is 688. The molecular formula is C16H19N3O4. The van der Waals surface area contributed by atoms with Crippen molar-refractivity contribution in [3.8, 4) is 11.5 Å².